The van der Waals surface area contributed by atoms with Gasteiger partial charge in [0.05, 0.1) is 29.6 Å². The minimum atomic E-state index is -0.368. The molecule has 0 unspecified atom stereocenters. The van der Waals surface area contributed by atoms with E-state index in [1.807, 2.05) is 0 Å². The minimum absolute atomic E-state index is 0.118. The topological polar surface area (TPSA) is 153 Å². The lowest BCUT2D eigenvalue weighted by Crippen LogP contribution is -2.19. The number of aromatic nitrogens is 2. The van der Waals surface area contributed by atoms with E-state index in [2.05, 4.69) is 49.5 Å². The quantitative estimate of drug-likeness (QED) is 0.213. The van der Waals surface area contributed by atoms with Crippen molar-refractivity contribution < 1.29 is 14.3 Å². The van der Waals surface area contributed by atoms with Crippen molar-refractivity contribution in [3.05, 3.63) is 66.2 Å². The number of para-hydroxylation sites is 1. The standard InChI is InChI=1S/C25H26N8O3/c1-6-20(34)29-15-11-12-19(36-5)18(13-15)31-25-32-22(27-3)21(14(2)26)23(33-25)30-17-10-8-7-9-16(17)24(35)28-4/h6-13,26H,1,3H2,2,4-5H3,(H,28,35)(H,29,34)(H2,30,31,32,33). The third kappa shape index (κ3) is 5.70. The van der Waals surface area contributed by atoms with Gasteiger partial charge in [-0.1, -0.05) is 18.7 Å². The van der Waals surface area contributed by atoms with E-state index in [0.29, 0.717) is 33.9 Å². The van der Waals surface area contributed by atoms with Gasteiger partial charge >= 0.3 is 0 Å². The van der Waals surface area contributed by atoms with Crippen LogP contribution < -0.4 is 26.0 Å². The van der Waals surface area contributed by atoms with Crippen molar-refractivity contribution in [2.45, 2.75) is 6.92 Å². The predicted octanol–water partition coefficient (Wildman–Crippen LogP) is 4.18. The van der Waals surface area contributed by atoms with Crippen LogP contribution in [0.15, 0.2) is 60.1 Å². The summed E-state index contributed by atoms with van der Waals surface area (Å²) in [5.74, 6) is 0.336. The lowest BCUT2D eigenvalue weighted by Gasteiger charge is -2.17. The van der Waals surface area contributed by atoms with E-state index < -0.39 is 0 Å². The van der Waals surface area contributed by atoms with Crippen LogP contribution in [0.2, 0.25) is 0 Å². The number of aliphatic imine (C=N–C) groups is 1. The highest BCUT2D eigenvalue weighted by atomic mass is 16.5. The molecule has 0 spiro atoms. The van der Waals surface area contributed by atoms with E-state index in [1.165, 1.54) is 14.2 Å². The van der Waals surface area contributed by atoms with Gasteiger partial charge in [0.2, 0.25) is 11.9 Å². The van der Waals surface area contributed by atoms with Gasteiger partial charge < -0.3 is 31.4 Å². The molecule has 3 aromatic rings. The van der Waals surface area contributed by atoms with E-state index in [-0.39, 0.29) is 35.1 Å². The van der Waals surface area contributed by atoms with Crippen LogP contribution in [0.25, 0.3) is 0 Å². The maximum atomic E-state index is 12.4. The summed E-state index contributed by atoms with van der Waals surface area (Å²) in [6.45, 7) is 8.61. The first-order valence-electron chi connectivity index (χ1n) is 10.7. The molecule has 0 atom stereocenters. The van der Waals surface area contributed by atoms with Gasteiger partial charge in [0.25, 0.3) is 5.91 Å². The van der Waals surface area contributed by atoms with Crippen LogP contribution in [0.5, 0.6) is 5.75 Å². The van der Waals surface area contributed by atoms with Crippen molar-refractivity contribution in [3.8, 4) is 5.75 Å². The number of anilines is 5. The number of ether oxygens (including phenoxy) is 1. The summed E-state index contributed by atoms with van der Waals surface area (Å²) >= 11 is 0. The Balaban J connectivity index is 2.10. The Labute approximate surface area is 208 Å². The molecular weight excluding hydrogens is 460 g/mol. The molecule has 1 heterocycles. The molecule has 2 aromatic carbocycles. The average Bonchev–Trinajstić information content (AvgIpc) is 2.88. The zero-order chi connectivity index (χ0) is 26.2. The zero-order valence-electron chi connectivity index (χ0n) is 20.1. The highest BCUT2D eigenvalue weighted by Crippen LogP contribution is 2.33. The number of rotatable bonds is 10. The van der Waals surface area contributed by atoms with E-state index in [9.17, 15) is 9.59 Å². The highest BCUT2D eigenvalue weighted by molar-refractivity contribution is 6.06. The van der Waals surface area contributed by atoms with Crippen molar-refractivity contribution in [3.63, 3.8) is 0 Å². The van der Waals surface area contributed by atoms with Crippen molar-refractivity contribution in [2.24, 2.45) is 4.99 Å². The van der Waals surface area contributed by atoms with Gasteiger partial charge in [-0.25, -0.2) is 4.99 Å². The van der Waals surface area contributed by atoms with Gasteiger partial charge in [0, 0.05) is 18.4 Å². The Hall–Kier alpha value is -5.06. The fraction of sp³-hybridized carbons (Fsp3) is 0.120. The number of methoxy groups -OCH3 is 1. The maximum Gasteiger partial charge on any atom is 0.253 e. The number of benzene rings is 2. The monoisotopic (exact) mass is 486 g/mol. The summed E-state index contributed by atoms with van der Waals surface area (Å²) in [6.07, 6.45) is 1.16. The molecular formula is C25H26N8O3. The molecule has 36 heavy (non-hydrogen) atoms. The Morgan fingerprint density at radius 1 is 1.11 bits per heavy atom. The molecule has 0 fully saturated rings. The van der Waals surface area contributed by atoms with Crippen molar-refractivity contribution in [1.82, 2.24) is 15.3 Å². The van der Waals surface area contributed by atoms with Crippen LogP contribution >= 0.6 is 0 Å². The molecule has 0 aliphatic carbocycles. The molecule has 2 amide bonds. The third-order valence-corrected chi connectivity index (χ3v) is 4.97. The predicted molar refractivity (Wildman–Crippen MR) is 142 cm³/mol. The molecule has 0 saturated heterocycles. The van der Waals surface area contributed by atoms with Crippen LogP contribution in [0, 0.1) is 5.41 Å². The summed E-state index contributed by atoms with van der Waals surface area (Å²) in [5.41, 5.74) is 2.30. The van der Waals surface area contributed by atoms with Crippen LogP contribution in [0.4, 0.5) is 34.6 Å². The normalized spacial score (nSPS) is 10.1. The minimum Gasteiger partial charge on any atom is -0.495 e. The van der Waals surface area contributed by atoms with Crippen LogP contribution in [-0.4, -0.2) is 48.4 Å². The van der Waals surface area contributed by atoms with Crippen molar-refractivity contribution in [1.29, 1.82) is 5.41 Å². The van der Waals surface area contributed by atoms with E-state index in [0.717, 1.165) is 6.08 Å². The van der Waals surface area contributed by atoms with Crippen molar-refractivity contribution >= 4 is 58.9 Å². The van der Waals surface area contributed by atoms with Crippen LogP contribution in [0.3, 0.4) is 0 Å². The van der Waals surface area contributed by atoms with Gasteiger partial charge in [-0.15, -0.1) is 0 Å². The first-order chi connectivity index (χ1) is 17.3. The molecule has 0 aliphatic rings. The van der Waals surface area contributed by atoms with Gasteiger partial charge in [-0.2, -0.15) is 9.97 Å². The second-order valence-electron chi connectivity index (χ2n) is 7.36. The first-order valence-corrected chi connectivity index (χ1v) is 10.7. The SMILES string of the molecule is C=CC(=O)Nc1ccc(OC)c(Nc2nc(N=C)c(C(C)=N)c(Nc3ccccc3C(=O)NC)n2)c1. The van der Waals surface area contributed by atoms with E-state index in [4.69, 9.17) is 10.1 Å². The lowest BCUT2D eigenvalue weighted by molar-refractivity contribution is -0.111. The fourth-order valence-electron chi connectivity index (χ4n) is 3.30. The molecule has 0 bridgehead atoms. The number of hydrogen-bond donors (Lipinski definition) is 5. The number of carbonyl (C=O) groups is 2. The molecule has 3 rings (SSSR count). The lowest BCUT2D eigenvalue weighted by atomic mass is 10.1. The molecule has 1 aromatic heterocycles. The average molecular weight is 487 g/mol. The summed E-state index contributed by atoms with van der Waals surface area (Å²) in [4.78, 5) is 37.0. The molecule has 11 nitrogen and oxygen atoms in total. The molecule has 11 heteroatoms. The van der Waals surface area contributed by atoms with Crippen LogP contribution in [-0.2, 0) is 4.79 Å². The molecule has 0 radical (unpaired) electrons. The number of nitrogens with zero attached hydrogens (tertiary/aromatic N) is 3. The summed E-state index contributed by atoms with van der Waals surface area (Å²) < 4.78 is 5.42. The Morgan fingerprint density at radius 3 is 2.50 bits per heavy atom. The number of carbonyl (C=O) groups excluding carboxylic acids is 2. The number of hydrogen-bond acceptors (Lipinski definition) is 9. The third-order valence-electron chi connectivity index (χ3n) is 4.97. The Morgan fingerprint density at radius 2 is 1.86 bits per heavy atom. The van der Waals surface area contributed by atoms with Crippen molar-refractivity contribution in [2.75, 3.05) is 30.1 Å². The second kappa shape index (κ2) is 11.4. The zero-order valence-corrected chi connectivity index (χ0v) is 20.1. The maximum absolute atomic E-state index is 12.4. The Bertz CT molecular complexity index is 1350. The molecule has 184 valence electrons. The largest absolute Gasteiger partial charge is 0.495 e. The van der Waals surface area contributed by atoms with Gasteiger partial charge in [0.15, 0.2) is 5.82 Å². The summed E-state index contributed by atoms with van der Waals surface area (Å²) in [7, 11) is 3.04. The van der Waals surface area contributed by atoms with Gasteiger partial charge in [-0.05, 0) is 50.0 Å². The van der Waals surface area contributed by atoms with Gasteiger partial charge in [-0.3, -0.25) is 9.59 Å². The second-order valence-corrected chi connectivity index (χ2v) is 7.36. The van der Waals surface area contributed by atoms with Gasteiger partial charge in [0.1, 0.15) is 11.6 Å². The van der Waals surface area contributed by atoms with Crippen LogP contribution in [0.1, 0.15) is 22.8 Å². The smallest absolute Gasteiger partial charge is 0.253 e. The Kier molecular flexibility index (Phi) is 8.08. The highest BCUT2D eigenvalue weighted by Gasteiger charge is 2.19. The molecule has 0 aliphatic heterocycles. The number of nitrogens with one attached hydrogen (secondary N) is 5. The summed E-state index contributed by atoms with van der Waals surface area (Å²) in [5, 5.41) is 19.7. The first kappa shape index (κ1) is 25.6. The molecule has 0 saturated carbocycles. The van der Waals surface area contributed by atoms with E-state index in [1.54, 1.807) is 49.4 Å². The fourth-order valence-corrected chi connectivity index (χ4v) is 3.30. The van der Waals surface area contributed by atoms with E-state index >= 15 is 0 Å². The molecule has 5 N–H and O–H groups in total. The number of amides is 2. The summed E-state index contributed by atoms with van der Waals surface area (Å²) in [6, 6.07) is 11.9.